The highest BCUT2D eigenvalue weighted by atomic mass is 32.1. The summed E-state index contributed by atoms with van der Waals surface area (Å²) >= 11 is 3.21. The van der Waals surface area contributed by atoms with Gasteiger partial charge in [-0.15, -0.1) is 22.7 Å². The van der Waals surface area contributed by atoms with Crippen molar-refractivity contribution in [3.8, 4) is 20.3 Å². The number of thiazole rings is 1. The highest BCUT2D eigenvalue weighted by Gasteiger charge is 2.13. The van der Waals surface area contributed by atoms with E-state index in [0.717, 1.165) is 16.3 Å². The normalized spacial score (nSPS) is 10.6. The summed E-state index contributed by atoms with van der Waals surface area (Å²) in [5.74, 6) is -0.0933. The third kappa shape index (κ3) is 3.26. The number of aromatic nitrogens is 1. The third-order valence-corrected chi connectivity index (χ3v) is 5.29. The van der Waals surface area contributed by atoms with Gasteiger partial charge in [0, 0.05) is 16.8 Å². The lowest BCUT2D eigenvalue weighted by molar-refractivity contribution is 0.0949. The zero-order valence-electron chi connectivity index (χ0n) is 12.2. The molecule has 0 saturated carbocycles. The number of nitrogens with zero attached hydrogens (tertiary/aromatic N) is 1. The van der Waals surface area contributed by atoms with Crippen molar-refractivity contribution < 1.29 is 4.79 Å². The largest absolute Gasteiger partial charge is 0.351 e. The number of carbonyl (C=O) groups is 1. The topological polar surface area (TPSA) is 42.0 Å². The number of amides is 1. The zero-order valence-corrected chi connectivity index (χ0v) is 13.8. The molecular formula is C17H16N2OS2. The summed E-state index contributed by atoms with van der Waals surface area (Å²) in [5, 5.41) is 5.57. The molecule has 1 amide bonds. The van der Waals surface area contributed by atoms with Gasteiger partial charge in [-0.1, -0.05) is 37.3 Å². The van der Waals surface area contributed by atoms with E-state index in [1.165, 1.54) is 21.8 Å². The first-order valence-corrected chi connectivity index (χ1v) is 8.87. The van der Waals surface area contributed by atoms with Crippen molar-refractivity contribution in [2.24, 2.45) is 0 Å². The Morgan fingerprint density at radius 3 is 2.68 bits per heavy atom. The molecule has 0 bridgehead atoms. The monoisotopic (exact) mass is 328 g/mol. The van der Waals surface area contributed by atoms with Crippen molar-refractivity contribution >= 4 is 28.6 Å². The van der Waals surface area contributed by atoms with Gasteiger partial charge in [-0.25, -0.2) is 4.98 Å². The molecule has 112 valence electrons. The van der Waals surface area contributed by atoms with E-state index in [0.29, 0.717) is 12.2 Å². The molecule has 2 heterocycles. The molecule has 1 N–H and O–H groups in total. The van der Waals surface area contributed by atoms with Gasteiger partial charge in [0.1, 0.15) is 10.7 Å². The van der Waals surface area contributed by atoms with E-state index >= 15 is 0 Å². The number of benzene rings is 1. The lowest BCUT2D eigenvalue weighted by Crippen LogP contribution is -2.24. The predicted molar refractivity (Wildman–Crippen MR) is 93.5 cm³/mol. The molecule has 0 spiro atoms. The van der Waals surface area contributed by atoms with Crippen molar-refractivity contribution in [2.45, 2.75) is 13.3 Å². The molecular weight excluding hydrogens is 312 g/mol. The van der Waals surface area contributed by atoms with Gasteiger partial charge in [-0.05, 0) is 24.1 Å². The highest BCUT2D eigenvalue weighted by molar-refractivity contribution is 7.23. The first-order valence-electron chi connectivity index (χ1n) is 7.17. The van der Waals surface area contributed by atoms with E-state index in [-0.39, 0.29) is 5.91 Å². The minimum absolute atomic E-state index is 0.0933. The Morgan fingerprint density at radius 1 is 1.14 bits per heavy atom. The van der Waals surface area contributed by atoms with Crippen molar-refractivity contribution in [1.82, 2.24) is 10.3 Å². The van der Waals surface area contributed by atoms with Gasteiger partial charge >= 0.3 is 0 Å². The Labute approximate surface area is 137 Å². The standard InChI is InChI=1S/C17H16N2OS2/c1-2-10-18-16(20)13-11-21-17(19-13)15-9-8-14(22-15)12-6-4-3-5-7-12/h3-9,11H,2,10H2,1H3,(H,18,20). The van der Waals surface area contributed by atoms with Crippen LogP contribution in [0.15, 0.2) is 47.8 Å². The molecule has 0 unspecified atom stereocenters. The molecule has 0 aliphatic rings. The summed E-state index contributed by atoms with van der Waals surface area (Å²) in [6.07, 6.45) is 0.925. The molecule has 5 heteroatoms. The van der Waals surface area contributed by atoms with Gasteiger partial charge in [-0.2, -0.15) is 0 Å². The van der Waals surface area contributed by atoms with Crippen molar-refractivity contribution in [3.63, 3.8) is 0 Å². The quantitative estimate of drug-likeness (QED) is 0.739. The van der Waals surface area contributed by atoms with Crippen LogP contribution in [0.3, 0.4) is 0 Å². The summed E-state index contributed by atoms with van der Waals surface area (Å²) in [7, 11) is 0. The van der Waals surface area contributed by atoms with Gasteiger partial charge in [0.15, 0.2) is 0 Å². The fourth-order valence-electron chi connectivity index (χ4n) is 2.03. The van der Waals surface area contributed by atoms with E-state index in [1.54, 1.807) is 11.3 Å². The van der Waals surface area contributed by atoms with Crippen LogP contribution in [-0.2, 0) is 0 Å². The number of carbonyl (C=O) groups excluding carboxylic acids is 1. The molecule has 3 aromatic rings. The number of rotatable bonds is 5. The Balaban J connectivity index is 1.80. The Morgan fingerprint density at radius 2 is 1.91 bits per heavy atom. The lowest BCUT2D eigenvalue weighted by Gasteiger charge is -1.98. The molecule has 0 aliphatic heterocycles. The maximum atomic E-state index is 11.9. The van der Waals surface area contributed by atoms with Gasteiger partial charge in [0.2, 0.25) is 0 Å². The van der Waals surface area contributed by atoms with E-state index in [9.17, 15) is 4.79 Å². The Bertz CT molecular complexity index is 762. The first kappa shape index (κ1) is 14.9. The Kier molecular flexibility index (Phi) is 4.65. The molecule has 0 saturated heterocycles. The lowest BCUT2D eigenvalue weighted by atomic mass is 10.2. The smallest absolute Gasteiger partial charge is 0.270 e. The molecule has 3 rings (SSSR count). The first-order chi connectivity index (χ1) is 10.8. The maximum Gasteiger partial charge on any atom is 0.270 e. The second-order valence-corrected chi connectivity index (χ2v) is 6.77. The molecule has 3 nitrogen and oxygen atoms in total. The van der Waals surface area contributed by atoms with Gasteiger partial charge in [0.25, 0.3) is 5.91 Å². The van der Waals surface area contributed by atoms with Crippen LogP contribution in [-0.4, -0.2) is 17.4 Å². The molecule has 22 heavy (non-hydrogen) atoms. The molecule has 2 aromatic heterocycles. The number of hydrogen-bond donors (Lipinski definition) is 1. The summed E-state index contributed by atoms with van der Waals surface area (Å²) < 4.78 is 0. The van der Waals surface area contributed by atoms with Crippen LogP contribution < -0.4 is 5.32 Å². The van der Waals surface area contributed by atoms with Crippen LogP contribution in [0.2, 0.25) is 0 Å². The molecule has 0 fully saturated rings. The summed E-state index contributed by atoms with van der Waals surface area (Å²) in [6, 6.07) is 14.5. The third-order valence-electron chi connectivity index (χ3n) is 3.15. The van der Waals surface area contributed by atoms with E-state index < -0.39 is 0 Å². The minimum Gasteiger partial charge on any atom is -0.351 e. The van der Waals surface area contributed by atoms with Crippen molar-refractivity contribution in [2.75, 3.05) is 6.54 Å². The van der Waals surface area contributed by atoms with Gasteiger partial charge < -0.3 is 5.32 Å². The summed E-state index contributed by atoms with van der Waals surface area (Å²) in [4.78, 5) is 18.7. The van der Waals surface area contributed by atoms with Crippen molar-refractivity contribution in [1.29, 1.82) is 0 Å². The second kappa shape index (κ2) is 6.85. The van der Waals surface area contributed by atoms with E-state index in [1.807, 2.05) is 30.5 Å². The van der Waals surface area contributed by atoms with Crippen LogP contribution in [0, 0.1) is 0 Å². The fraction of sp³-hybridized carbons (Fsp3) is 0.176. The predicted octanol–water partition coefficient (Wildman–Crippen LogP) is 4.68. The van der Waals surface area contributed by atoms with Crippen LogP contribution in [0.25, 0.3) is 20.3 Å². The number of thiophene rings is 1. The molecule has 0 aliphatic carbocycles. The average Bonchev–Trinajstić information content (AvgIpc) is 3.22. The fourth-order valence-corrected chi connectivity index (χ4v) is 3.91. The summed E-state index contributed by atoms with van der Waals surface area (Å²) in [6.45, 7) is 2.71. The van der Waals surface area contributed by atoms with Crippen LogP contribution >= 0.6 is 22.7 Å². The van der Waals surface area contributed by atoms with Crippen LogP contribution in [0.5, 0.6) is 0 Å². The molecule has 0 radical (unpaired) electrons. The maximum absolute atomic E-state index is 11.9. The van der Waals surface area contributed by atoms with Gasteiger partial charge in [0.05, 0.1) is 4.88 Å². The van der Waals surface area contributed by atoms with E-state index in [2.05, 4.69) is 34.6 Å². The zero-order chi connectivity index (χ0) is 15.4. The SMILES string of the molecule is CCCNC(=O)c1csc(-c2ccc(-c3ccccc3)s2)n1. The number of nitrogens with one attached hydrogen (secondary N) is 1. The van der Waals surface area contributed by atoms with Crippen molar-refractivity contribution in [3.05, 3.63) is 53.5 Å². The average molecular weight is 328 g/mol. The van der Waals surface area contributed by atoms with Crippen LogP contribution in [0.4, 0.5) is 0 Å². The highest BCUT2D eigenvalue weighted by Crippen LogP contribution is 2.35. The Hall–Kier alpha value is -1.98. The molecule has 0 atom stereocenters. The summed E-state index contributed by atoms with van der Waals surface area (Å²) in [5.41, 5.74) is 1.71. The minimum atomic E-state index is -0.0933. The second-order valence-electron chi connectivity index (χ2n) is 4.82. The number of hydrogen-bond acceptors (Lipinski definition) is 4. The van der Waals surface area contributed by atoms with Crippen LogP contribution in [0.1, 0.15) is 23.8 Å². The molecule has 1 aromatic carbocycles. The van der Waals surface area contributed by atoms with E-state index in [4.69, 9.17) is 0 Å². The van der Waals surface area contributed by atoms with Gasteiger partial charge in [-0.3, -0.25) is 4.79 Å².